The largest absolute Gasteiger partial charge is 0.0843 e. The Morgan fingerprint density at radius 2 is 0.970 bits per heavy atom. The third-order valence-electron chi connectivity index (χ3n) is 7.24. The summed E-state index contributed by atoms with van der Waals surface area (Å²) in [6, 6.07) is 39.6. The van der Waals surface area contributed by atoms with Crippen molar-refractivity contribution >= 4 is 27.5 Å². The van der Waals surface area contributed by atoms with Gasteiger partial charge >= 0.3 is 0 Å². The van der Waals surface area contributed by atoms with E-state index in [2.05, 4.69) is 113 Å². The number of hydrogen-bond donors (Lipinski definition) is 0. The van der Waals surface area contributed by atoms with Crippen LogP contribution in [0.1, 0.15) is 22.3 Å². The van der Waals surface area contributed by atoms with Crippen LogP contribution >= 0.6 is 27.5 Å². The lowest BCUT2D eigenvalue weighted by Gasteiger charge is -2.30. The van der Waals surface area contributed by atoms with Crippen molar-refractivity contribution in [2.24, 2.45) is 0 Å². The maximum absolute atomic E-state index is 6.24. The molecule has 7 rings (SSSR count). The van der Waals surface area contributed by atoms with E-state index >= 15 is 0 Å². The Morgan fingerprint density at radius 3 is 1.52 bits per heavy atom. The fourth-order valence-corrected chi connectivity index (χ4v) is 6.90. The van der Waals surface area contributed by atoms with Crippen LogP contribution in [0.2, 0.25) is 5.02 Å². The first-order valence-electron chi connectivity index (χ1n) is 11.1. The van der Waals surface area contributed by atoms with Gasteiger partial charge in [0.2, 0.25) is 0 Å². The summed E-state index contributed by atoms with van der Waals surface area (Å²) >= 11 is 9.97. The molecule has 0 N–H and O–H groups in total. The Morgan fingerprint density at radius 1 is 0.485 bits per heavy atom. The summed E-state index contributed by atoms with van der Waals surface area (Å²) in [5.41, 5.74) is 12.8. The van der Waals surface area contributed by atoms with Gasteiger partial charge in [-0.05, 0) is 73.8 Å². The molecule has 0 saturated carbocycles. The highest BCUT2D eigenvalue weighted by Gasteiger charge is 2.51. The molecule has 33 heavy (non-hydrogen) atoms. The van der Waals surface area contributed by atoms with Gasteiger partial charge in [0.05, 0.1) is 5.41 Å². The molecule has 5 aromatic carbocycles. The fraction of sp³-hybridized carbons (Fsp3) is 0.0323. The van der Waals surface area contributed by atoms with Crippen LogP contribution in [0.4, 0.5) is 0 Å². The van der Waals surface area contributed by atoms with Gasteiger partial charge in [-0.1, -0.05) is 119 Å². The average Bonchev–Trinajstić information content (AvgIpc) is 3.31. The first kappa shape index (κ1) is 19.3. The molecule has 0 aromatic heterocycles. The molecule has 5 aromatic rings. The van der Waals surface area contributed by atoms with E-state index in [1.807, 2.05) is 12.1 Å². The van der Waals surface area contributed by atoms with Crippen LogP contribution in [-0.2, 0) is 5.41 Å². The number of benzene rings is 5. The van der Waals surface area contributed by atoms with Crippen molar-refractivity contribution in [1.29, 1.82) is 0 Å². The highest BCUT2D eigenvalue weighted by molar-refractivity contribution is 9.10. The van der Waals surface area contributed by atoms with E-state index in [0.717, 1.165) is 15.1 Å². The third kappa shape index (κ3) is 2.47. The van der Waals surface area contributed by atoms with Crippen molar-refractivity contribution in [1.82, 2.24) is 0 Å². The van der Waals surface area contributed by atoms with Gasteiger partial charge < -0.3 is 0 Å². The number of rotatable bonds is 1. The number of fused-ring (bicyclic) bond motifs is 10. The minimum absolute atomic E-state index is 0.311. The van der Waals surface area contributed by atoms with Gasteiger partial charge in [-0.3, -0.25) is 0 Å². The summed E-state index contributed by atoms with van der Waals surface area (Å²) in [6.45, 7) is 0. The molecule has 0 saturated heterocycles. The molecule has 2 heteroatoms. The summed E-state index contributed by atoms with van der Waals surface area (Å²) in [4.78, 5) is 0. The minimum Gasteiger partial charge on any atom is -0.0843 e. The first-order chi connectivity index (χ1) is 16.2. The molecule has 0 atom stereocenters. The zero-order valence-electron chi connectivity index (χ0n) is 17.6. The van der Waals surface area contributed by atoms with E-state index in [1.54, 1.807) is 0 Å². The van der Waals surface area contributed by atoms with Crippen molar-refractivity contribution in [2.75, 3.05) is 0 Å². The molecule has 2 aliphatic rings. The number of hydrogen-bond acceptors (Lipinski definition) is 0. The van der Waals surface area contributed by atoms with Gasteiger partial charge in [-0.25, -0.2) is 0 Å². The topological polar surface area (TPSA) is 0 Å². The smallest absolute Gasteiger partial charge is 0.0725 e. The lowest BCUT2D eigenvalue weighted by atomic mass is 9.70. The standard InChI is InChI=1S/C31H18BrCl/c32-30-18-20(33)14-16-21(30)19-13-15-25-24-9-3-6-12-28(24)31(29(25)17-19)26-10-4-1-7-22(26)23-8-2-5-11-27(23)31/h1-18H. The maximum Gasteiger partial charge on any atom is 0.0725 e. The molecule has 0 bridgehead atoms. The highest BCUT2D eigenvalue weighted by atomic mass is 79.9. The molecule has 1 spiro atoms. The summed E-state index contributed by atoms with van der Waals surface area (Å²) in [7, 11) is 0. The molecular formula is C31H18BrCl. The summed E-state index contributed by atoms with van der Waals surface area (Å²) < 4.78 is 1.01. The Balaban J connectivity index is 1.61. The predicted molar refractivity (Wildman–Crippen MR) is 141 cm³/mol. The van der Waals surface area contributed by atoms with Crippen molar-refractivity contribution in [2.45, 2.75) is 5.41 Å². The van der Waals surface area contributed by atoms with Crippen LogP contribution in [0.15, 0.2) is 114 Å². The summed E-state index contributed by atoms with van der Waals surface area (Å²) in [6.07, 6.45) is 0. The van der Waals surface area contributed by atoms with E-state index in [-0.39, 0.29) is 5.41 Å². The molecule has 2 aliphatic carbocycles. The van der Waals surface area contributed by atoms with Crippen molar-refractivity contribution in [3.8, 4) is 33.4 Å². The van der Waals surface area contributed by atoms with Crippen LogP contribution in [0.25, 0.3) is 33.4 Å². The summed E-state index contributed by atoms with van der Waals surface area (Å²) in [5.74, 6) is 0. The minimum atomic E-state index is -0.311. The van der Waals surface area contributed by atoms with E-state index < -0.39 is 0 Å². The molecule has 0 fully saturated rings. The van der Waals surface area contributed by atoms with Crippen LogP contribution in [0, 0.1) is 0 Å². The van der Waals surface area contributed by atoms with Crippen LogP contribution in [0.3, 0.4) is 0 Å². The number of halogens is 2. The van der Waals surface area contributed by atoms with Crippen LogP contribution < -0.4 is 0 Å². The van der Waals surface area contributed by atoms with Crippen LogP contribution in [-0.4, -0.2) is 0 Å². The van der Waals surface area contributed by atoms with Crippen molar-refractivity contribution < 1.29 is 0 Å². The molecule has 0 radical (unpaired) electrons. The van der Waals surface area contributed by atoms with Gasteiger partial charge in [0.1, 0.15) is 0 Å². The zero-order chi connectivity index (χ0) is 22.2. The van der Waals surface area contributed by atoms with Gasteiger partial charge in [-0.15, -0.1) is 0 Å². The molecular weight excluding hydrogens is 488 g/mol. The van der Waals surface area contributed by atoms with Crippen molar-refractivity contribution in [3.05, 3.63) is 141 Å². The van der Waals surface area contributed by atoms with E-state index in [4.69, 9.17) is 11.6 Å². The van der Waals surface area contributed by atoms with Gasteiger partial charge in [0, 0.05) is 9.50 Å². The second-order valence-electron chi connectivity index (χ2n) is 8.77. The molecule has 156 valence electrons. The van der Waals surface area contributed by atoms with E-state index in [1.165, 1.54) is 50.1 Å². The van der Waals surface area contributed by atoms with Gasteiger partial charge in [0.15, 0.2) is 0 Å². The van der Waals surface area contributed by atoms with E-state index in [0.29, 0.717) is 0 Å². The quantitative estimate of drug-likeness (QED) is 0.209. The monoisotopic (exact) mass is 504 g/mol. The van der Waals surface area contributed by atoms with Crippen LogP contribution in [0.5, 0.6) is 0 Å². The molecule has 0 nitrogen and oxygen atoms in total. The van der Waals surface area contributed by atoms with Crippen molar-refractivity contribution in [3.63, 3.8) is 0 Å². The molecule has 0 aliphatic heterocycles. The lowest BCUT2D eigenvalue weighted by Crippen LogP contribution is -2.25. The molecule has 0 heterocycles. The third-order valence-corrected chi connectivity index (χ3v) is 8.13. The Hall–Kier alpha value is -3.13. The normalized spacial score (nSPS) is 14.0. The Kier molecular flexibility index (Phi) is 4.07. The predicted octanol–water partition coefficient (Wildman–Crippen LogP) is 9.11. The van der Waals surface area contributed by atoms with Gasteiger partial charge in [0.25, 0.3) is 0 Å². The van der Waals surface area contributed by atoms with E-state index in [9.17, 15) is 0 Å². The Labute approximate surface area is 206 Å². The maximum atomic E-state index is 6.24. The second-order valence-corrected chi connectivity index (χ2v) is 10.1. The zero-order valence-corrected chi connectivity index (χ0v) is 20.0. The second kappa shape index (κ2) is 6.93. The average molecular weight is 506 g/mol. The molecule has 0 amide bonds. The highest BCUT2D eigenvalue weighted by Crippen LogP contribution is 2.63. The fourth-order valence-electron chi connectivity index (χ4n) is 5.99. The lowest BCUT2D eigenvalue weighted by molar-refractivity contribution is 0.794. The first-order valence-corrected chi connectivity index (χ1v) is 12.3. The van der Waals surface area contributed by atoms with Gasteiger partial charge in [-0.2, -0.15) is 0 Å². The SMILES string of the molecule is Clc1ccc(-c2ccc3c(c2)C2(c4ccccc4-c4ccccc42)c2ccccc2-3)c(Br)c1. The Bertz CT molecular complexity index is 1530. The summed E-state index contributed by atoms with van der Waals surface area (Å²) in [5, 5.41) is 0.731. The molecule has 0 unspecified atom stereocenters.